The lowest BCUT2D eigenvalue weighted by Crippen LogP contribution is -2.38. The van der Waals surface area contributed by atoms with Crippen LogP contribution in [0.1, 0.15) is 73.6 Å². The Morgan fingerprint density at radius 3 is 2.00 bits per heavy atom. The number of rotatable bonds is 10. The summed E-state index contributed by atoms with van der Waals surface area (Å²) in [5.74, 6) is 0.233. The summed E-state index contributed by atoms with van der Waals surface area (Å²) in [6, 6.07) is 0. The van der Waals surface area contributed by atoms with Gasteiger partial charge in [0, 0.05) is 25.9 Å². The van der Waals surface area contributed by atoms with Crippen molar-refractivity contribution in [2.24, 2.45) is 10.8 Å². The molecule has 0 rings (SSSR count). The van der Waals surface area contributed by atoms with E-state index in [1.54, 1.807) is 0 Å². The molecule has 0 aliphatic carbocycles. The fraction of sp³-hybridized carbons (Fsp3) is 0.882. The van der Waals surface area contributed by atoms with E-state index in [2.05, 4.69) is 38.3 Å². The van der Waals surface area contributed by atoms with E-state index < -0.39 is 0 Å². The number of hydrogen-bond donors (Lipinski definition) is 2. The summed E-state index contributed by atoms with van der Waals surface area (Å²) in [5.41, 5.74) is -0.0885. The van der Waals surface area contributed by atoms with Gasteiger partial charge in [-0.1, -0.05) is 41.5 Å². The van der Waals surface area contributed by atoms with E-state index in [4.69, 9.17) is 0 Å². The zero-order valence-corrected chi connectivity index (χ0v) is 14.8. The average Bonchev–Trinajstić information content (AvgIpc) is 2.32. The van der Waals surface area contributed by atoms with E-state index in [0.29, 0.717) is 19.4 Å². The second-order valence-corrected chi connectivity index (χ2v) is 7.56. The zero-order valence-electron chi connectivity index (χ0n) is 14.8. The first-order valence-corrected chi connectivity index (χ1v) is 8.15. The van der Waals surface area contributed by atoms with Gasteiger partial charge >= 0.3 is 0 Å². The van der Waals surface area contributed by atoms with Crippen LogP contribution < -0.4 is 10.6 Å². The van der Waals surface area contributed by atoms with Crippen molar-refractivity contribution >= 4 is 11.8 Å². The molecule has 0 atom stereocenters. The van der Waals surface area contributed by atoms with Crippen molar-refractivity contribution in [1.29, 1.82) is 0 Å². The van der Waals surface area contributed by atoms with Gasteiger partial charge in [0.25, 0.3) is 0 Å². The third-order valence-electron chi connectivity index (χ3n) is 3.41. The molecule has 0 heterocycles. The maximum atomic E-state index is 11.9. The molecule has 0 fully saturated rings. The van der Waals surface area contributed by atoms with Crippen molar-refractivity contribution < 1.29 is 9.59 Å². The maximum Gasteiger partial charge on any atom is 0.220 e. The van der Waals surface area contributed by atoms with Gasteiger partial charge in [-0.25, -0.2) is 0 Å². The minimum atomic E-state index is -0.0726. The fourth-order valence-electron chi connectivity index (χ4n) is 2.84. The van der Waals surface area contributed by atoms with Crippen LogP contribution in [0.2, 0.25) is 0 Å². The van der Waals surface area contributed by atoms with Gasteiger partial charge in [0.2, 0.25) is 11.8 Å². The van der Waals surface area contributed by atoms with Gasteiger partial charge in [-0.2, -0.15) is 0 Å². The molecule has 2 amide bonds. The molecule has 0 spiro atoms. The molecule has 4 nitrogen and oxygen atoms in total. The van der Waals surface area contributed by atoms with Crippen molar-refractivity contribution in [3.8, 4) is 0 Å². The largest absolute Gasteiger partial charge is 0.356 e. The lowest BCUT2D eigenvalue weighted by Gasteiger charge is -2.34. The number of hydrogen-bond acceptors (Lipinski definition) is 2. The van der Waals surface area contributed by atoms with Crippen LogP contribution in [0.15, 0.2) is 0 Å². The molecule has 0 aliphatic heterocycles. The molecule has 0 aromatic heterocycles. The van der Waals surface area contributed by atoms with Crippen LogP contribution in [0.3, 0.4) is 0 Å². The molecule has 0 saturated carbocycles. The quantitative estimate of drug-likeness (QED) is 0.650. The predicted molar refractivity (Wildman–Crippen MR) is 88.0 cm³/mol. The Hall–Kier alpha value is -1.06. The number of carbonyl (C=O) groups is 2. The van der Waals surface area contributed by atoms with Gasteiger partial charge in [-0.05, 0) is 30.1 Å². The monoisotopic (exact) mass is 298 g/mol. The second-order valence-electron chi connectivity index (χ2n) is 7.56. The Balaban J connectivity index is 4.33. The Kier molecular flexibility index (Phi) is 8.60. The Bertz CT molecular complexity index is 336. The summed E-state index contributed by atoms with van der Waals surface area (Å²) in [6.07, 6.45) is 3.83. The smallest absolute Gasteiger partial charge is 0.220 e. The van der Waals surface area contributed by atoms with Crippen molar-refractivity contribution in [3.63, 3.8) is 0 Å². The molecule has 124 valence electrons. The highest BCUT2D eigenvalue weighted by molar-refractivity contribution is 5.76. The third-order valence-corrected chi connectivity index (χ3v) is 3.41. The van der Waals surface area contributed by atoms with Gasteiger partial charge < -0.3 is 10.6 Å². The maximum absolute atomic E-state index is 11.9. The zero-order chi connectivity index (χ0) is 16.5. The molecule has 0 aliphatic rings. The highest BCUT2D eigenvalue weighted by Gasteiger charge is 2.30. The minimum absolute atomic E-state index is 0.0159. The van der Waals surface area contributed by atoms with Gasteiger partial charge in [0.05, 0.1) is 0 Å². The van der Waals surface area contributed by atoms with Crippen LogP contribution in [0.25, 0.3) is 0 Å². The van der Waals surface area contributed by atoms with Crippen molar-refractivity contribution in [1.82, 2.24) is 10.6 Å². The highest BCUT2D eigenvalue weighted by Crippen LogP contribution is 2.35. The van der Waals surface area contributed by atoms with E-state index in [-0.39, 0.29) is 22.6 Å². The normalized spacial score (nSPS) is 12.1. The Labute approximate surface area is 130 Å². The number of carbonyl (C=O) groups excluding carboxylic acids is 2. The average molecular weight is 298 g/mol. The van der Waals surface area contributed by atoms with E-state index in [1.807, 2.05) is 13.8 Å². The van der Waals surface area contributed by atoms with Crippen molar-refractivity contribution in [2.75, 3.05) is 13.1 Å². The number of amides is 2. The topological polar surface area (TPSA) is 58.2 Å². The molecule has 0 unspecified atom stereocenters. The van der Waals surface area contributed by atoms with Crippen LogP contribution in [-0.4, -0.2) is 24.9 Å². The van der Waals surface area contributed by atoms with Gasteiger partial charge in [-0.3, -0.25) is 9.59 Å². The van der Waals surface area contributed by atoms with E-state index in [1.165, 1.54) is 0 Å². The molecular weight excluding hydrogens is 264 g/mol. The van der Waals surface area contributed by atoms with Crippen LogP contribution in [0.4, 0.5) is 0 Å². The lowest BCUT2D eigenvalue weighted by molar-refractivity contribution is -0.124. The van der Waals surface area contributed by atoms with E-state index in [9.17, 15) is 9.59 Å². The summed E-state index contributed by atoms with van der Waals surface area (Å²) in [5, 5.41) is 5.93. The third kappa shape index (κ3) is 10.3. The molecule has 2 N–H and O–H groups in total. The summed E-state index contributed by atoms with van der Waals surface area (Å²) < 4.78 is 0. The van der Waals surface area contributed by atoms with Crippen LogP contribution in [-0.2, 0) is 9.59 Å². The van der Waals surface area contributed by atoms with Crippen molar-refractivity contribution in [3.05, 3.63) is 0 Å². The molecule has 21 heavy (non-hydrogen) atoms. The summed E-state index contributed by atoms with van der Waals surface area (Å²) in [6.45, 7) is 14.0. The molecule has 0 aromatic rings. The minimum Gasteiger partial charge on any atom is -0.356 e. The van der Waals surface area contributed by atoms with Crippen LogP contribution in [0.5, 0.6) is 0 Å². The summed E-state index contributed by atoms with van der Waals surface area (Å²) in [7, 11) is 0. The van der Waals surface area contributed by atoms with Crippen LogP contribution >= 0.6 is 0 Å². The van der Waals surface area contributed by atoms with Gasteiger partial charge in [0.1, 0.15) is 0 Å². The van der Waals surface area contributed by atoms with E-state index >= 15 is 0 Å². The molecule has 0 aromatic carbocycles. The Morgan fingerprint density at radius 2 is 1.48 bits per heavy atom. The lowest BCUT2D eigenvalue weighted by atomic mass is 9.73. The molecule has 0 radical (unpaired) electrons. The first-order chi connectivity index (χ1) is 9.62. The summed E-state index contributed by atoms with van der Waals surface area (Å²) in [4.78, 5) is 23.4. The second kappa shape index (κ2) is 9.06. The standard InChI is InChI=1S/C17H34N2O2/c1-7-9-14(20)19-13-17(5,6)12-16(3,4)11-15(21)18-10-8-2/h7-13H2,1-6H3,(H,18,21)(H,19,20). The van der Waals surface area contributed by atoms with Crippen molar-refractivity contribution in [2.45, 2.75) is 73.6 Å². The van der Waals surface area contributed by atoms with Gasteiger partial charge in [0.15, 0.2) is 0 Å². The van der Waals surface area contributed by atoms with Gasteiger partial charge in [-0.15, -0.1) is 0 Å². The Morgan fingerprint density at radius 1 is 0.857 bits per heavy atom. The molecule has 0 bridgehead atoms. The fourth-order valence-corrected chi connectivity index (χ4v) is 2.84. The molecule has 4 heteroatoms. The summed E-state index contributed by atoms with van der Waals surface area (Å²) >= 11 is 0. The van der Waals surface area contributed by atoms with Crippen LogP contribution in [0, 0.1) is 10.8 Å². The first kappa shape index (κ1) is 19.9. The molecular formula is C17H34N2O2. The predicted octanol–water partition coefficient (Wildman–Crippen LogP) is 3.26. The van der Waals surface area contributed by atoms with E-state index in [0.717, 1.165) is 25.8 Å². The highest BCUT2D eigenvalue weighted by atomic mass is 16.2. The molecule has 0 saturated heterocycles. The SMILES string of the molecule is CCCNC(=O)CC(C)(C)CC(C)(C)CNC(=O)CCC. The number of nitrogens with one attached hydrogen (secondary N) is 2. The first-order valence-electron chi connectivity index (χ1n) is 8.15.